The highest BCUT2D eigenvalue weighted by molar-refractivity contribution is 9.10. The Hall–Kier alpha value is -1.22. The largest absolute Gasteiger partial charge is 0.207 e. The van der Waals surface area contributed by atoms with Gasteiger partial charge in [0.25, 0.3) is 0 Å². The van der Waals surface area contributed by atoms with Gasteiger partial charge in [-0.2, -0.15) is 0 Å². The van der Waals surface area contributed by atoms with Gasteiger partial charge in [0, 0.05) is 10.0 Å². The van der Waals surface area contributed by atoms with Crippen LogP contribution in [0.5, 0.6) is 0 Å². The number of halogens is 3. The van der Waals surface area contributed by atoms with Gasteiger partial charge in [0.15, 0.2) is 0 Å². The molecule has 0 heterocycles. The molecule has 0 N–H and O–H groups in total. The number of aryl methyl sites for hydroxylation is 1. The molecule has 2 aromatic carbocycles. The quantitative estimate of drug-likeness (QED) is 0.717. The van der Waals surface area contributed by atoms with Crippen molar-refractivity contribution in [2.45, 2.75) is 19.8 Å². The van der Waals surface area contributed by atoms with Gasteiger partial charge in [-0.1, -0.05) is 47.5 Å². The molecule has 0 saturated carbocycles. The Morgan fingerprint density at radius 1 is 1.00 bits per heavy atom. The fourth-order valence-electron chi connectivity index (χ4n) is 1.91. The third-order valence-electron chi connectivity index (χ3n) is 2.81. The molecule has 0 radical (unpaired) electrons. The standard InChI is InChI=1S/C15H13BrF2/c1-2-3-10-4-5-11(8-14(10)17)13-7-6-12(16)9-15(13)18/h4-9H,2-3H2,1H3. The summed E-state index contributed by atoms with van der Waals surface area (Å²) < 4.78 is 28.2. The molecule has 0 atom stereocenters. The number of rotatable bonds is 3. The molecule has 0 aliphatic rings. The lowest BCUT2D eigenvalue weighted by molar-refractivity contribution is 0.607. The highest BCUT2D eigenvalue weighted by atomic mass is 79.9. The maximum absolute atomic E-state index is 13.8. The lowest BCUT2D eigenvalue weighted by Crippen LogP contribution is -1.92. The third kappa shape index (κ3) is 2.78. The van der Waals surface area contributed by atoms with Crippen molar-refractivity contribution in [3.8, 4) is 11.1 Å². The van der Waals surface area contributed by atoms with E-state index in [2.05, 4.69) is 15.9 Å². The predicted molar refractivity (Wildman–Crippen MR) is 73.5 cm³/mol. The zero-order chi connectivity index (χ0) is 13.1. The molecule has 0 bridgehead atoms. The molecule has 94 valence electrons. The van der Waals surface area contributed by atoms with Gasteiger partial charge in [0.1, 0.15) is 11.6 Å². The number of benzene rings is 2. The molecule has 3 heteroatoms. The Morgan fingerprint density at radius 3 is 2.39 bits per heavy atom. The normalized spacial score (nSPS) is 10.7. The highest BCUT2D eigenvalue weighted by Crippen LogP contribution is 2.27. The molecule has 0 fully saturated rings. The zero-order valence-electron chi connectivity index (χ0n) is 10.0. The van der Waals surface area contributed by atoms with Crippen molar-refractivity contribution in [2.24, 2.45) is 0 Å². The van der Waals surface area contributed by atoms with Crippen molar-refractivity contribution in [3.05, 3.63) is 58.1 Å². The molecule has 2 rings (SSSR count). The van der Waals surface area contributed by atoms with Gasteiger partial charge in [-0.3, -0.25) is 0 Å². The number of hydrogen-bond acceptors (Lipinski definition) is 0. The minimum atomic E-state index is -0.355. The zero-order valence-corrected chi connectivity index (χ0v) is 11.6. The van der Waals surface area contributed by atoms with E-state index in [0.717, 1.165) is 6.42 Å². The van der Waals surface area contributed by atoms with Gasteiger partial charge in [0.2, 0.25) is 0 Å². The van der Waals surface area contributed by atoms with E-state index in [1.54, 1.807) is 24.3 Å². The Labute approximate surface area is 114 Å². The fraction of sp³-hybridized carbons (Fsp3) is 0.200. The number of hydrogen-bond donors (Lipinski definition) is 0. The van der Waals surface area contributed by atoms with E-state index in [1.165, 1.54) is 12.1 Å². The second-order valence-electron chi connectivity index (χ2n) is 4.18. The van der Waals surface area contributed by atoms with Crippen LogP contribution in [0.25, 0.3) is 11.1 Å². The molecule has 0 saturated heterocycles. The summed E-state index contributed by atoms with van der Waals surface area (Å²) in [7, 11) is 0. The minimum absolute atomic E-state index is 0.267. The van der Waals surface area contributed by atoms with Crippen LogP contribution in [-0.4, -0.2) is 0 Å². The first-order valence-electron chi connectivity index (χ1n) is 5.85. The van der Waals surface area contributed by atoms with Crippen LogP contribution in [0, 0.1) is 11.6 Å². The fourth-order valence-corrected chi connectivity index (χ4v) is 2.24. The molecule has 0 amide bonds. The summed E-state index contributed by atoms with van der Waals surface area (Å²) in [5.41, 5.74) is 1.66. The lowest BCUT2D eigenvalue weighted by atomic mass is 10.0. The molecule has 2 aromatic rings. The summed E-state index contributed by atoms with van der Waals surface area (Å²) >= 11 is 3.20. The Bertz CT molecular complexity index is 564. The predicted octanol–water partition coefficient (Wildman–Crippen LogP) is 5.35. The average Bonchev–Trinajstić information content (AvgIpc) is 2.32. The molecule has 0 spiro atoms. The van der Waals surface area contributed by atoms with E-state index in [4.69, 9.17) is 0 Å². The van der Waals surface area contributed by atoms with Gasteiger partial charge in [-0.15, -0.1) is 0 Å². The van der Waals surface area contributed by atoms with Crippen LogP contribution in [0.1, 0.15) is 18.9 Å². The minimum Gasteiger partial charge on any atom is -0.207 e. The van der Waals surface area contributed by atoms with E-state index in [0.29, 0.717) is 27.6 Å². The van der Waals surface area contributed by atoms with Crippen LogP contribution >= 0.6 is 15.9 Å². The van der Waals surface area contributed by atoms with Crippen LogP contribution in [0.3, 0.4) is 0 Å². The van der Waals surface area contributed by atoms with Crippen LogP contribution in [0.2, 0.25) is 0 Å². The van der Waals surface area contributed by atoms with Crippen LogP contribution < -0.4 is 0 Å². The van der Waals surface area contributed by atoms with Gasteiger partial charge >= 0.3 is 0 Å². The van der Waals surface area contributed by atoms with Crippen molar-refractivity contribution in [1.82, 2.24) is 0 Å². The van der Waals surface area contributed by atoms with Crippen molar-refractivity contribution in [1.29, 1.82) is 0 Å². The molecule has 0 unspecified atom stereocenters. The summed E-state index contributed by atoms with van der Waals surface area (Å²) in [6.45, 7) is 2.00. The van der Waals surface area contributed by atoms with E-state index in [-0.39, 0.29) is 11.6 Å². The smallest absolute Gasteiger partial charge is 0.132 e. The monoisotopic (exact) mass is 310 g/mol. The Kier molecular flexibility index (Phi) is 4.12. The molecular weight excluding hydrogens is 298 g/mol. The van der Waals surface area contributed by atoms with Gasteiger partial charge in [-0.25, -0.2) is 8.78 Å². The molecule has 18 heavy (non-hydrogen) atoms. The maximum Gasteiger partial charge on any atom is 0.132 e. The van der Waals surface area contributed by atoms with Crippen molar-refractivity contribution >= 4 is 15.9 Å². The molecule has 0 aliphatic carbocycles. The first-order valence-corrected chi connectivity index (χ1v) is 6.65. The van der Waals surface area contributed by atoms with Crippen molar-refractivity contribution < 1.29 is 8.78 Å². The van der Waals surface area contributed by atoms with Crippen LogP contribution in [0.4, 0.5) is 8.78 Å². The second-order valence-corrected chi connectivity index (χ2v) is 5.10. The summed E-state index contributed by atoms with van der Waals surface area (Å²) in [5.74, 6) is -0.622. The van der Waals surface area contributed by atoms with Gasteiger partial charge < -0.3 is 0 Å². The average molecular weight is 311 g/mol. The van der Waals surface area contributed by atoms with Gasteiger partial charge in [0.05, 0.1) is 0 Å². The first kappa shape index (κ1) is 13.2. The molecule has 0 nitrogen and oxygen atoms in total. The van der Waals surface area contributed by atoms with E-state index < -0.39 is 0 Å². The van der Waals surface area contributed by atoms with Crippen LogP contribution in [0.15, 0.2) is 40.9 Å². The second kappa shape index (κ2) is 5.61. The van der Waals surface area contributed by atoms with E-state index in [9.17, 15) is 8.78 Å². The highest BCUT2D eigenvalue weighted by Gasteiger charge is 2.08. The summed E-state index contributed by atoms with van der Waals surface area (Å²) in [4.78, 5) is 0. The maximum atomic E-state index is 13.8. The van der Waals surface area contributed by atoms with Gasteiger partial charge in [-0.05, 0) is 35.7 Å². The van der Waals surface area contributed by atoms with Crippen LogP contribution in [-0.2, 0) is 6.42 Å². The first-order chi connectivity index (χ1) is 8.61. The molecule has 0 aromatic heterocycles. The summed E-state index contributed by atoms with van der Waals surface area (Å²) in [6, 6.07) is 9.67. The SMILES string of the molecule is CCCc1ccc(-c2ccc(Br)cc2F)cc1F. The molecular formula is C15H13BrF2. The summed E-state index contributed by atoms with van der Waals surface area (Å²) in [6.07, 6.45) is 1.60. The topological polar surface area (TPSA) is 0 Å². The van der Waals surface area contributed by atoms with E-state index >= 15 is 0 Å². The van der Waals surface area contributed by atoms with Crippen molar-refractivity contribution in [3.63, 3.8) is 0 Å². The van der Waals surface area contributed by atoms with E-state index in [1.807, 2.05) is 6.92 Å². The summed E-state index contributed by atoms with van der Waals surface area (Å²) in [5, 5.41) is 0. The lowest BCUT2D eigenvalue weighted by Gasteiger charge is -2.07. The molecule has 0 aliphatic heterocycles. The Morgan fingerprint density at radius 2 is 1.78 bits per heavy atom. The third-order valence-corrected chi connectivity index (χ3v) is 3.31. The van der Waals surface area contributed by atoms with Crippen molar-refractivity contribution in [2.75, 3.05) is 0 Å². The Balaban J connectivity index is 2.42.